The van der Waals surface area contributed by atoms with E-state index in [0.29, 0.717) is 6.42 Å². The summed E-state index contributed by atoms with van der Waals surface area (Å²) in [5, 5.41) is 19.2. The largest absolute Gasteiger partial charge is 0.480 e. The van der Waals surface area contributed by atoms with Gasteiger partial charge in [-0.25, -0.2) is 4.57 Å². The number of phosphoric acid groups is 1. The highest BCUT2D eigenvalue weighted by molar-refractivity contribution is 7.47. The Bertz CT molecular complexity index is 1460. The number of carbonyl (C=O) groups excluding carboxylic acids is 2. The molecule has 0 fully saturated rings. The lowest BCUT2D eigenvalue weighted by Gasteiger charge is -2.20. The predicted molar refractivity (Wildman–Crippen MR) is 246 cm³/mol. The Hall–Kier alpha value is -3.90. The van der Waals surface area contributed by atoms with Crippen LogP contribution in [-0.2, 0) is 37.5 Å². The van der Waals surface area contributed by atoms with Crippen LogP contribution in [0.2, 0.25) is 0 Å². The number of esters is 2. The molecular formula is C48H76NO11P. The van der Waals surface area contributed by atoms with E-state index < -0.39 is 63.8 Å². The number of phosphoric ester groups is 1. The van der Waals surface area contributed by atoms with Gasteiger partial charge in [-0.15, -0.1) is 0 Å². The van der Waals surface area contributed by atoms with Gasteiger partial charge in [0.1, 0.15) is 12.6 Å². The summed E-state index contributed by atoms with van der Waals surface area (Å²) in [5.41, 5.74) is 5.32. The molecule has 344 valence electrons. The number of allylic oxidation sites excluding steroid dienone is 17. The third-order valence-electron chi connectivity index (χ3n) is 8.61. The zero-order chi connectivity index (χ0) is 45.1. The fourth-order valence-electron chi connectivity index (χ4n) is 5.13. The average molecular weight is 874 g/mol. The first-order valence-electron chi connectivity index (χ1n) is 22.0. The maximum Gasteiger partial charge on any atom is 0.472 e. The monoisotopic (exact) mass is 874 g/mol. The molecule has 0 aliphatic rings. The molecule has 0 saturated heterocycles. The summed E-state index contributed by atoms with van der Waals surface area (Å²) in [4.78, 5) is 46.0. The number of rotatable bonds is 39. The van der Waals surface area contributed by atoms with Gasteiger partial charge in [-0.05, 0) is 89.9 Å². The number of hydrogen-bond donors (Lipinski definition) is 4. The van der Waals surface area contributed by atoms with E-state index in [1.807, 2.05) is 12.2 Å². The molecule has 5 N–H and O–H groups in total. The zero-order valence-electron chi connectivity index (χ0n) is 36.8. The van der Waals surface area contributed by atoms with Crippen molar-refractivity contribution < 1.29 is 52.6 Å². The van der Waals surface area contributed by atoms with E-state index >= 15 is 0 Å². The molecule has 0 saturated carbocycles. The molecule has 1 unspecified atom stereocenters. The lowest BCUT2D eigenvalue weighted by atomic mass is 10.1. The predicted octanol–water partition coefficient (Wildman–Crippen LogP) is 10.8. The molecule has 0 amide bonds. The van der Waals surface area contributed by atoms with E-state index in [-0.39, 0.29) is 25.7 Å². The average Bonchev–Trinajstić information content (AvgIpc) is 3.23. The van der Waals surface area contributed by atoms with E-state index in [1.54, 1.807) is 12.2 Å². The number of unbranched alkanes of at least 4 members (excludes halogenated alkanes) is 6. The van der Waals surface area contributed by atoms with Gasteiger partial charge in [-0.2, -0.15) is 0 Å². The molecule has 4 atom stereocenters. The smallest absolute Gasteiger partial charge is 0.472 e. The van der Waals surface area contributed by atoms with Crippen LogP contribution < -0.4 is 5.73 Å². The summed E-state index contributed by atoms with van der Waals surface area (Å²) in [6.07, 6.45) is 50.4. The lowest BCUT2D eigenvalue weighted by molar-refractivity contribution is -0.161. The number of carboxylic acids is 1. The van der Waals surface area contributed by atoms with E-state index in [1.165, 1.54) is 19.3 Å². The highest BCUT2D eigenvalue weighted by Crippen LogP contribution is 2.43. The molecule has 0 aromatic rings. The van der Waals surface area contributed by atoms with E-state index in [2.05, 4.69) is 103 Å². The Kier molecular flexibility index (Phi) is 38.8. The number of carbonyl (C=O) groups is 3. The summed E-state index contributed by atoms with van der Waals surface area (Å²) >= 11 is 0. The van der Waals surface area contributed by atoms with Crippen LogP contribution in [0.1, 0.15) is 136 Å². The van der Waals surface area contributed by atoms with Crippen LogP contribution in [0.15, 0.2) is 109 Å². The van der Waals surface area contributed by atoms with Gasteiger partial charge >= 0.3 is 25.7 Å². The zero-order valence-corrected chi connectivity index (χ0v) is 37.7. The number of aliphatic carboxylic acids is 1. The Labute approximate surface area is 366 Å². The summed E-state index contributed by atoms with van der Waals surface area (Å²) in [6, 6.07) is -1.56. The van der Waals surface area contributed by atoms with Crippen molar-refractivity contribution in [1.29, 1.82) is 0 Å². The molecule has 0 aliphatic heterocycles. The van der Waals surface area contributed by atoms with Crippen LogP contribution in [0.4, 0.5) is 0 Å². The third kappa shape index (κ3) is 41.2. The van der Waals surface area contributed by atoms with Crippen molar-refractivity contribution in [2.75, 3.05) is 19.8 Å². The molecule has 61 heavy (non-hydrogen) atoms. The van der Waals surface area contributed by atoms with E-state index in [9.17, 15) is 28.9 Å². The van der Waals surface area contributed by atoms with Crippen LogP contribution in [0, 0.1) is 0 Å². The van der Waals surface area contributed by atoms with Crippen molar-refractivity contribution in [2.24, 2.45) is 5.73 Å². The minimum Gasteiger partial charge on any atom is -0.480 e. The van der Waals surface area contributed by atoms with E-state index in [0.717, 1.165) is 70.6 Å². The van der Waals surface area contributed by atoms with Crippen LogP contribution in [0.3, 0.4) is 0 Å². The van der Waals surface area contributed by atoms with Crippen LogP contribution in [-0.4, -0.2) is 71.1 Å². The first kappa shape index (κ1) is 57.1. The van der Waals surface area contributed by atoms with Gasteiger partial charge in [-0.1, -0.05) is 142 Å². The summed E-state index contributed by atoms with van der Waals surface area (Å²) in [6.45, 7) is 2.40. The first-order valence-corrected chi connectivity index (χ1v) is 23.5. The molecule has 0 spiro atoms. The Morgan fingerprint density at radius 1 is 0.607 bits per heavy atom. The summed E-state index contributed by atoms with van der Waals surface area (Å²) in [5.74, 6) is -2.66. The van der Waals surface area contributed by atoms with Crippen molar-refractivity contribution in [3.8, 4) is 0 Å². The van der Waals surface area contributed by atoms with Crippen molar-refractivity contribution in [1.82, 2.24) is 0 Å². The number of aliphatic hydroxyl groups is 1. The van der Waals surface area contributed by atoms with Gasteiger partial charge in [-0.3, -0.25) is 23.4 Å². The van der Waals surface area contributed by atoms with Gasteiger partial charge in [0, 0.05) is 12.8 Å². The second-order valence-corrected chi connectivity index (χ2v) is 15.7. The second kappa shape index (κ2) is 41.5. The minimum atomic E-state index is -4.79. The highest BCUT2D eigenvalue weighted by Gasteiger charge is 2.28. The molecule has 0 radical (unpaired) electrons. The number of hydrogen-bond acceptors (Lipinski definition) is 10. The summed E-state index contributed by atoms with van der Waals surface area (Å²) in [7, 11) is -4.79. The maximum atomic E-state index is 12.6. The lowest BCUT2D eigenvalue weighted by Crippen LogP contribution is -2.34. The molecule has 0 heterocycles. The molecule has 0 bridgehead atoms. The number of carboxylic acid groups (broad SMARTS) is 1. The van der Waals surface area contributed by atoms with Gasteiger partial charge in [0.15, 0.2) is 6.10 Å². The highest BCUT2D eigenvalue weighted by atomic mass is 31.2. The maximum absolute atomic E-state index is 12.6. The second-order valence-electron chi connectivity index (χ2n) is 14.3. The van der Waals surface area contributed by atoms with Crippen LogP contribution in [0.5, 0.6) is 0 Å². The summed E-state index contributed by atoms with van der Waals surface area (Å²) < 4.78 is 32.5. The Morgan fingerprint density at radius 2 is 1.11 bits per heavy atom. The van der Waals surface area contributed by atoms with Crippen molar-refractivity contribution in [3.05, 3.63) is 109 Å². The molecule has 12 nitrogen and oxygen atoms in total. The van der Waals surface area contributed by atoms with Crippen molar-refractivity contribution in [2.45, 2.75) is 154 Å². The molecule has 0 aliphatic carbocycles. The van der Waals surface area contributed by atoms with Crippen LogP contribution in [0.25, 0.3) is 0 Å². The van der Waals surface area contributed by atoms with Crippen molar-refractivity contribution in [3.63, 3.8) is 0 Å². The third-order valence-corrected chi connectivity index (χ3v) is 9.56. The SMILES string of the molecule is CC/C=C\C/C=C\C/C=C\C/C=C\C/C=C\CCCCCC(=O)OC[C@H](COP(=O)(O)OC[C@H](N)C(=O)O)OC(=O)CCC[C@@H](O)/C=C/C=C\C/C=C\C/C=C\CCCCC. The number of nitrogens with two attached hydrogens (primary N) is 1. The molecule has 0 rings (SSSR count). The topological polar surface area (TPSA) is 192 Å². The number of ether oxygens (including phenoxy) is 2. The first-order chi connectivity index (χ1) is 29.5. The van der Waals surface area contributed by atoms with Gasteiger partial charge in [0.05, 0.1) is 19.3 Å². The standard InChI is InChI=1S/C48H76NO11P/c1-3-5-7-9-11-13-15-17-18-19-20-21-22-24-26-28-30-32-34-38-46(51)57-40-44(41-58-61(55,56)59-42-45(49)48(53)54)60-47(52)39-35-37-43(50)36-33-31-29-27-25-23-16-14-12-10-8-6-4-2/h5,7,11-14,17-18,20-21,23-26,29,31,33,36,43-45,50H,3-4,6,8-10,15-16,19,22,27-28,30,32,34-35,37-42,49H2,1-2H3,(H,53,54)(H,55,56)/b7-5-,13-11-,14-12-,18-17-,21-20-,25-23-,26-24-,31-29-,36-33+/t43-,44+,45-/m0/s1. The fraction of sp³-hybridized carbons (Fsp3) is 0.562. The van der Waals surface area contributed by atoms with Crippen LogP contribution >= 0.6 is 7.82 Å². The Balaban J connectivity index is 4.63. The van der Waals surface area contributed by atoms with E-state index in [4.69, 9.17) is 24.8 Å². The normalized spacial score (nSPS) is 15.2. The minimum absolute atomic E-state index is 0.0817. The fourth-order valence-corrected chi connectivity index (χ4v) is 5.91. The molecule has 0 aromatic carbocycles. The molecule has 0 aromatic heterocycles. The number of aliphatic hydroxyl groups excluding tert-OH is 1. The Morgan fingerprint density at radius 3 is 1.67 bits per heavy atom. The van der Waals surface area contributed by atoms with Gasteiger partial charge < -0.3 is 30.3 Å². The molecular weight excluding hydrogens is 797 g/mol. The van der Waals surface area contributed by atoms with Crippen molar-refractivity contribution >= 4 is 25.7 Å². The van der Waals surface area contributed by atoms with Gasteiger partial charge in [0.25, 0.3) is 0 Å². The quantitative estimate of drug-likeness (QED) is 0.0150. The van der Waals surface area contributed by atoms with Gasteiger partial charge in [0.2, 0.25) is 0 Å². The molecule has 13 heteroatoms.